The van der Waals surface area contributed by atoms with Crippen molar-refractivity contribution in [3.8, 4) is 5.75 Å². The van der Waals surface area contributed by atoms with Crippen LogP contribution in [0.2, 0.25) is 0 Å². The molecule has 0 aromatic heterocycles. The van der Waals surface area contributed by atoms with E-state index in [1.165, 1.54) is 11.1 Å². The van der Waals surface area contributed by atoms with Crippen LogP contribution in [0.3, 0.4) is 0 Å². The Morgan fingerprint density at radius 2 is 2.00 bits per heavy atom. The lowest BCUT2D eigenvalue weighted by atomic mass is 10.0. The van der Waals surface area contributed by atoms with Gasteiger partial charge >= 0.3 is 0 Å². The number of carbonyl (C=O) groups excluding carboxylic acids is 1. The molecular formula is C20H23NO2. The van der Waals surface area contributed by atoms with E-state index in [2.05, 4.69) is 32.9 Å². The molecule has 0 saturated heterocycles. The van der Waals surface area contributed by atoms with Crippen LogP contribution in [-0.4, -0.2) is 18.6 Å². The maximum Gasteiger partial charge on any atom is 0.265 e. The Hall–Kier alpha value is -2.29. The van der Waals surface area contributed by atoms with Gasteiger partial charge in [-0.05, 0) is 48.6 Å². The summed E-state index contributed by atoms with van der Waals surface area (Å²) in [5, 5.41) is 0. The van der Waals surface area contributed by atoms with E-state index in [-0.39, 0.29) is 18.6 Å². The van der Waals surface area contributed by atoms with Crippen LogP contribution >= 0.6 is 0 Å². The van der Waals surface area contributed by atoms with Crippen molar-refractivity contribution < 1.29 is 9.53 Å². The molecule has 0 bridgehead atoms. The topological polar surface area (TPSA) is 29.5 Å². The van der Waals surface area contributed by atoms with Crippen LogP contribution in [0.5, 0.6) is 5.75 Å². The van der Waals surface area contributed by atoms with Gasteiger partial charge in [-0.3, -0.25) is 4.79 Å². The molecule has 1 amide bonds. The molecule has 120 valence electrons. The highest BCUT2D eigenvalue weighted by molar-refractivity contribution is 5.97. The van der Waals surface area contributed by atoms with E-state index in [1.807, 2.05) is 41.3 Å². The van der Waals surface area contributed by atoms with E-state index in [0.717, 1.165) is 17.9 Å². The molecule has 1 heterocycles. The first-order valence-electron chi connectivity index (χ1n) is 8.19. The summed E-state index contributed by atoms with van der Waals surface area (Å²) in [6.07, 6.45) is 0.907. The largest absolute Gasteiger partial charge is 0.484 e. The molecule has 0 N–H and O–H groups in total. The molecule has 0 fully saturated rings. The Labute approximate surface area is 137 Å². The van der Waals surface area contributed by atoms with Crippen molar-refractivity contribution in [2.24, 2.45) is 0 Å². The van der Waals surface area contributed by atoms with Gasteiger partial charge in [-0.2, -0.15) is 0 Å². The summed E-state index contributed by atoms with van der Waals surface area (Å²) < 4.78 is 5.74. The van der Waals surface area contributed by atoms with Crippen LogP contribution in [0.4, 0.5) is 5.69 Å². The minimum absolute atomic E-state index is 0.0115. The van der Waals surface area contributed by atoms with Crippen LogP contribution in [0.1, 0.15) is 37.8 Å². The second-order valence-electron chi connectivity index (χ2n) is 6.46. The summed E-state index contributed by atoms with van der Waals surface area (Å²) in [6, 6.07) is 16.3. The van der Waals surface area contributed by atoms with Crippen LogP contribution in [0.25, 0.3) is 0 Å². The summed E-state index contributed by atoms with van der Waals surface area (Å²) in [5.41, 5.74) is 3.47. The van der Waals surface area contributed by atoms with E-state index < -0.39 is 0 Å². The maximum absolute atomic E-state index is 12.6. The average molecular weight is 309 g/mol. The van der Waals surface area contributed by atoms with Gasteiger partial charge in [-0.25, -0.2) is 0 Å². The molecule has 0 radical (unpaired) electrons. The number of hydrogen-bond acceptors (Lipinski definition) is 2. The molecule has 1 aliphatic rings. The second-order valence-corrected chi connectivity index (χ2v) is 6.46. The number of anilines is 1. The molecule has 3 rings (SSSR count). The molecule has 1 aliphatic heterocycles. The first-order chi connectivity index (χ1) is 11.1. The molecule has 0 spiro atoms. The fraction of sp³-hybridized carbons (Fsp3) is 0.350. The molecule has 0 aliphatic carbocycles. The molecule has 0 saturated carbocycles. The fourth-order valence-electron chi connectivity index (χ4n) is 3.12. The fourth-order valence-corrected chi connectivity index (χ4v) is 3.12. The van der Waals surface area contributed by atoms with E-state index in [9.17, 15) is 4.79 Å². The second kappa shape index (κ2) is 6.45. The Morgan fingerprint density at radius 1 is 1.22 bits per heavy atom. The van der Waals surface area contributed by atoms with Gasteiger partial charge in [0.15, 0.2) is 6.61 Å². The van der Waals surface area contributed by atoms with E-state index >= 15 is 0 Å². The van der Waals surface area contributed by atoms with Gasteiger partial charge in [0.05, 0.1) is 0 Å². The predicted octanol–water partition coefficient (Wildman–Crippen LogP) is 4.17. The van der Waals surface area contributed by atoms with Gasteiger partial charge in [-0.1, -0.05) is 44.2 Å². The smallest absolute Gasteiger partial charge is 0.265 e. The normalized spacial score (nSPS) is 16.5. The van der Waals surface area contributed by atoms with Crippen molar-refractivity contribution >= 4 is 11.6 Å². The highest BCUT2D eigenvalue weighted by Gasteiger charge is 2.30. The zero-order valence-electron chi connectivity index (χ0n) is 14.0. The third-order valence-electron chi connectivity index (χ3n) is 4.36. The first-order valence-corrected chi connectivity index (χ1v) is 8.19. The van der Waals surface area contributed by atoms with Gasteiger partial charge in [0.1, 0.15) is 5.75 Å². The number of nitrogens with zero attached hydrogens (tertiary/aromatic N) is 1. The van der Waals surface area contributed by atoms with Crippen molar-refractivity contribution in [2.75, 3.05) is 11.5 Å². The first kappa shape index (κ1) is 15.6. The van der Waals surface area contributed by atoms with Crippen LogP contribution < -0.4 is 9.64 Å². The summed E-state index contributed by atoms with van der Waals surface area (Å²) in [5.74, 6) is 1.21. The summed E-state index contributed by atoms with van der Waals surface area (Å²) in [7, 11) is 0. The lowest BCUT2D eigenvalue weighted by Gasteiger charge is -2.22. The number of amides is 1. The number of hydrogen-bond donors (Lipinski definition) is 0. The zero-order valence-corrected chi connectivity index (χ0v) is 14.0. The predicted molar refractivity (Wildman–Crippen MR) is 93.1 cm³/mol. The maximum atomic E-state index is 12.6. The van der Waals surface area contributed by atoms with Crippen molar-refractivity contribution in [2.45, 2.75) is 39.2 Å². The highest BCUT2D eigenvalue weighted by Crippen LogP contribution is 2.31. The van der Waals surface area contributed by atoms with Crippen molar-refractivity contribution in [1.82, 2.24) is 0 Å². The average Bonchev–Trinajstić information content (AvgIpc) is 2.88. The Kier molecular flexibility index (Phi) is 4.37. The van der Waals surface area contributed by atoms with Crippen molar-refractivity contribution in [3.63, 3.8) is 0 Å². The van der Waals surface area contributed by atoms with Gasteiger partial charge in [0, 0.05) is 11.7 Å². The van der Waals surface area contributed by atoms with Gasteiger partial charge in [-0.15, -0.1) is 0 Å². The van der Waals surface area contributed by atoms with Crippen molar-refractivity contribution in [1.29, 1.82) is 0 Å². The SMILES string of the molecule is CC(C)c1cccc(OCC(=O)N2c3ccccc3CC2C)c1. The molecule has 3 nitrogen and oxygen atoms in total. The van der Waals surface area contributed by atoms with Crippen LogP contribution in [0.15, 0.2) is 48.5 Å². The standard InChI is InChI=1S/C20H23NO2/c1-14(2)16-8-6-9-18(12-16)23-13-20(22)21-15(3)11-17-7-4-5-10-19(17)21/h4-10,12,14-15H,11,13H2,1-3H3. The summed E-state index contributed by atoms with van der Waals surface area (Å²) in [6.45, 7) is 6.44. The molecule has 23 heavy (non-hydrogen) atoms. The number of benzene rings is 2. The van der Waals surface area contributed by atoms with Crippen LogP contribution in [0, 0.1) is 0 Å². The monoisotopic (exact) mass is 309 g/mol. The molecular weight excluding hydrogens is 286 g/mol. The highest BCUT2D eigenvalue weighted by atomic mass is 16.5. The van der Waals surface area contributed by atoms with E-state index in [1.54, 1.807) is 0 Å². The number of fused-ring (bicyclic) bond motifs is 1. The Balaban J connectivity index is 1.69. The van der Waals surface area contributed by atoms with Crippen molar-refractivity contribution in [3.05, 3.63) is 59.7 Å². The molecule has 2 aromatic rings. The molecule has 1 atom stereocenters. The molecule has 1 unspecified atom stereocenters. The summed E-state index contributed by atoms with van der Waals surface area (Å²) >= 11 is 0. The minimum Gasteiger partial charge on any atom is -0.484 e. The molecule has 3 heteroatoms. The van der Waals surface area contributed by atoms with E-state index in [4.69, 9.17) is 4.74 Å². The number of carbonyl (C=O) groups is 1. The number of para-hydroxylation sites is 1. The molecule has 2 aromatic carbocycles. The zero-order chi connectivity index (χ0) is 16.4. The van der Waals surface area contributed by atoms with Gasteiger partial charge in [0.2, 0.25) is 0 Å². The number of rotatable bonds is 4. The van der Waals surface area contributed by atoms with E-state index in [0.29, 0.717) is 5.92 Å². The van der Waals surface area contributed by atoms with Gasteiger partial charge < -0.3 is 9.64 Å². The lowest BCUT2D eigenvalue weighted by Crippen LogP contribution is -2.39. The number of ether oxygens (including phenoxy) is 1. The Morgan fingerprint density at radius 3 is 2.78 bits per heavy atom. The Bertz CT molecular complexity index is 708. The quantitative estimate of drug-likeness (QED) is 0.848. The summed E-state index contributed by atoms with van der Waals surface area (Å²) in [4.78, 5) is 14.5. The lowest BCUT2D eigenvalue weighted by molar-refractivity contribution is -0.120. The van der Waals surface area contributed by atoms with Gasteiger partial charge in [0.25, 0.3) is 5.91 Å². The minimum atomic E-state index is 0.0115. The third-order valence-corrected chi connectivity index (χ3v) is 4.36. The van der Waals surface area contributed by atoms with Crippen LogP contribution in [-0.2, 0) is 11.2 Å². The third kappa shape index (κ3) is 3.24.